The number of benzene rings is 1. The van der Waals surface area contributed by atoms with Crippen LogP contribution in [-0.2, 0) is 17.9 Å². The molecule has 0 bridgehead atoms. The highest BCUT2D eigenvalue weighted by atomic mass is 79.9. The van der Waals surface area contributed by atoms with Gasteiger partial charge in [-0.3, -0.25) is 14.2 Å². The predicted molar refractivity (Wildman–Crippen MR) is 105 cm³/mol. The van der Waals surface area contributed by atoms with E-state index in [2.05, 4.69) is 31.4 Å². The highest BCUT2D eigenvalue weighted by molar-refractivity contribution is 9.10. The second kappa shape index (κ2) is 8.05. The Balaban J connectivity index is 1.60. The molecule has 2 aromatic heterocycles. The minimum atomic E-state index is -0.100. The van der Waals surface area contributed by atoms with E-state index in [1.807, 2.05) is 55.1 Å². The van der Waals surface area contributed by atoms with E-state index in [4.69, 9.17) is 11.6 Å². The van der Waals surface area contributed by atoms with Crippen molar-refractivity contribution in [2.45, 2.75) is 33.4 Å². The number of halogens is 2. The molecule has 0 unspecified atom stereocenters. The van der Waals surface area contributed by atoms with Crippen LogP contribution in [0.5, 0.6) is 0 Å². The summed E-state index contributed by atoms with van der Waals surface area (Å²) in [6.45, 7) is 4.93. The van der Waals surface area contributed by atoms with Crippen LogP contribution in [0, 0.1) is 13.8 Å². The topological polar surface area (TPSA) is 64.7 Å². The fourth-order valence-corrected chi connectivity index (χ4v) is 3.06. The molecular formula is C18H19BrClN5O. The summed E-state index contributed by atoms with van der Waals surface area (Å²) < 4.78 is 4.51. The van der Waals surface area contributed by atoms with Gasteiger partial charge < -0.3 is 5.32 Å². The molecule has 3 aromatic rings. The number of aryl methyl sites for hydroxylation is 3. The molecule has 0 fully saturated rings. The first-order chi connectivity index (χ1) is 12.4. The summed E-state index contributed by atoms with van der Waals surface area (Å²) in [5.41, 5.74) is 2.84. The molecule has 0 aliphatic heterocycles. The fraction of sp³-hybridized carbons (Fsp3) is 0.278. The molecule has 0 saturated carbocycles. The molecule has 0 atom stereocenters. The number of anilines is 1. The molecule has 8 heteroatoms. The second-order valence-corrected chi connectivity index (χ2v) is 7.31. The van der Waals surface area contributed by atoms with Crippen LogP contribution >= 0.6 is 27.5 Å². The SMILES string of the molecule is Cc1nn(CCC(=O)Nc2cc(C)n(Cc3ccccc3Cl)n2)cc1Br. The molecular weight excluding hydrogens is 418 g/mol. The number of aromatic nitrogens is 4. The number of nitrogens with one attached hydrogen (secondary N) is 1. The third-order valence-corrected chi connectivity index (χ3v) is 5.13. The van der Waals surface area contributed by atoms with Crippen molar-refractivity contribution < 1.29 is 4.79 Å². The third kappa shape index (κ3) is 4.53. The smallest absolute Gasteiger partial charge is 0.227 e. The van der Waals surface area contributed by atoms with Crippen molar-refractivity contribution in [2.24, 2.45) is 0 Å². The Morgan fingerprint density at radius 1 is 1.27 bits per heavy atom. The molecule has 1 amide bonds. The van der Waals surface area contributed by atoms with Gasteiger partial charge in [-0.25, -0.2) is 0 Å². The van der Waals surface area contributed by atoms with Crippen molar-refractivity contribution >= 4 is 39.3 Å². The molecule has 2 heterocycles. The van der Waals surface area contributed by atoms with Crippen molar-refractivity contribution in [3.63, 3.8) is 0 Å². The zero-order chi connectivity index (χ0) is 18.7. The Labute approximate surface area is 165 Å². The van der Waals surface area contributed by atoms with Crippen LogP contribution in [-0.4, -0.2) is 25.5 Å². The van der Waals surface area contributed by atoms with Crippen LogP contribution in [0.2, 0.25) is 5.02 Å². The zero-order valence-corrected chi connectivity index (χ0v) is 16.9. The van der Waals surface area contributed by atoms with Crippen LogP contribution in [0.3, 0.4) is 0 Å². The van der Waals surface area contributed by atoms with Crippen LogP contribution in [0.15, 0.2) is 41.0 Å². The van der Waals surface area contributed by atoms with Gasteiger partial charge in [0.15, 0.2) is 5.82 Å². The average molecular weight is 437 g/mol. The largest absolute Gasteiger partial charge is 0.309 e. The van der Waals surface area contributed by atoms with Gasteiger partial charge in [-0.2, -0.15) is 10.2 Å². The normalized spacial score (nSPS) is 10.9. The Morgan fingerprint density at radius 3 is 2.73 bits per heavy atom. The van der Waals surface area contributed by atoms with Gasteiger partial charge in [-0.15, -0.1) is 0 Å². The molecule has 1 N–H and O–H groups in total. The van der Waals surface area contributed by atoms with Crippen LogP contribution in [0.4, 0.5) is 5.82 Å². The van der Waals surface area contributed by atoms with Gasteiger partial charge in [-0.05, 0) is 41.4 Å². The zero-order valence-electron chi connectivity index (χ0n) is 14.5. The van der Waals surface area contributed by atoms with E-state index >= 15 is 0 Å². The summed E-state index contributed by atoms with van der Waals surface area (Å²) in [6, 6.07) is 9.51. The van der Waals surface area contributed by atoms with Gasteiger partial charge in [0.1, 0.15) is 0 Å². The lowest BCUT2D eigenvalue weighted by atomic mass is 10.2. The van der Waals surface area contributed by atoms with E-state index in [0.29, 0.717) is 30.4 Å². The number of hydrogen-bond acceptors (Lipinski definition) is 3. The first-order valence-electron chi connectivity index (χ1n) is 8.19. The fourth-order valence-electron chi connectivity index (χ4n) is 2.55. The molecule has 0 radical (unpaired) electrons. The number of amides is 1. The van der Waals surface area contributed by atoms with Crippen molar-refractivity contribution in [2.75, 3.05) is 5.32 Å². The summed E-state index contributed by atoms with van der Waals surface area (Å²) in [4.78, 5) is 12.2. The lowest BCUT2D eigenvalue weighted by Gasteiger charge is -2.06. The van der Waals surface area contributed by atoms with Gasteiger partial charge in [0.2, 0.25) is 5.91 Å². The molecule has 136 valence electrons. The molecule has 0 aliphatic carbocycles. The molecule has 1 aromatic carbocycles. The van der Waals surface area contributed by atoms with Gasteiger partial charge in [0.05, 0.1) is 16.7 Å². The Hall–Kier alpha value is -2.12. The highest BCUT2D eigenvalue weighted by Gasteiger charge is 2.10. The van der Waals surface area contributed by atoms with Gasteiger partial charge in [0, 0.05) is 35.9 Å². The molecule has 3 rings (SSSR count). The summed E-state index contributed by atoms with van der Waals surface area (Å²) >= 11 is 9.62. The molecule has 0 spiro atoms. The lowest BCUT2D eigenvalue weighted by Crippen LogP contribution is -2.15. The first kappa shape index (κ1) is 18.7. The molecule has 0 aliphatic rings. The first-order valence-corrected chi connectivity index (χ1v) is 9.37. The summed E-state index contributed by atoms with van der Waals surface area (Å²) in [5, 5.41) is 12.3. The number of nitrogens with zero attached hydrogens (tertiary/aromatic N) is 4. The number of carbonyl (C=O) groups excluding carboxylic acids is 1. The van der Waals surface area contributed by atoms with Crippen molar-refractivity contribution in [3.05, 3.63) is 63.0 Å². The summed E-state index contributed by atoms with van der Waals surface area (Å²) in [6.07, 6.45) is 2.19. The van der Waals surface area contributed by atoms with Gasteiger partial charge >= 0.3 is 0 Å². The maximum atomic E-state index is 12.2. The van der Waals surface area contributed by atoms with Crippen LogP contribution in [0.1, 0.15) is 23.4 Å². The highest BCUT2D eigenvalue weighted by Crippen LogP contribution is 2.18. The summed E-state index contributed by atoms with van der Waals surface area (Å²) in [5.74, 6) is 0.439. The monoisotopic (exact) mass is 435 g/mol. The average Bonchev–Trinajstić information content (AvgIpc) is 3.10. The van der Waals surface area contributed by atoms with E-state index in [1.165, 1.54) is 0 Å². The van der Waals surface area contributed by atoms with E-state index in [0.717, 1.165) is 21.4 Å². The van der Waals surface area contributed by atoms with E-state index in [9.17, 15) is 4.79 Å². The van der Waals surface area contributed by atoms with Crippen molar-refractivity contribution in [3.8, 4) is 0 Å². The Bertz CT molecular complexity index is 914. The van der Waals surface area contributed by atoms with Crippen LogP contribution < -0.4 is 5.32 Å². The third-order valence-electron chi connectivity index (χ3n) is 3.98. The van der Waals surface area contributed by atoms with Crippen molar-refractivity contribution in [1.29, 1.82) is 0 Å². The molecule has 6 nitrogen and oxygen atoms in total. The maximum Gasteiger partial charge on any atom is 0.227 e. The molecule has 0 saturated heterocycles. The summed E-state index contributed by atoms with van der Waals surface area (Å²) in [7, 11) is 0. The quantitative estimate of drug-likeness (QED) is 0.630. The van der Waals surface area contributed by atoms with E-state index in [-0.39, 0.29) is 5.91 Å². The lowest BCUT2D eigenvalue weighted by molar-refractivity contribution is -0.116. The van der Waals surface area contributed by atoms with Crippen LogP contribution in [0.25, 0.3) is 0 Å². The molecule has 26 heavy (non-hydrogen) atoms. The van der Waals surface area contributed by atoms with Gasteiger partial charge in [0.25, 0.3) is 0 Å². The van der Waals surface area contributed by atoms with Crippen molar-refractivity contribution in [1.82, 2.24) is 19.6 Å². The second-order valence-electron chi connectivity index (χ2n) is 6.04. The maximum absolute atomic E-state index is 12.2. The van der Waals surface area contributed by atoms with E-state index in [1.54, 1.807) is 4.68 Å². The van der Waals surface area contributed by atoms with Gasteiger partial charge in [-0.1, -0.05) is 29.8 Å². The predicted octanol–water partition coefficient (Wildman–Crippen LogP) is 4.19. The number of rotatable bonds is 6. The standard InChI is InChI=1S/C18H19BrClN5O/c1-12-9-17(23-25(12)10-14-5-3-4-6-16(14)20)21-18(26)7-8-24-11-15(19)13(2)22-24/h3-6,9,11H,7-8,10H2,1-2H3,(H,21,23,26). The number of carbonyl (C=O) groups is 1. The Kier molecular flexibility index (Phi) is 5.78. The number of hydrogen-bond donors (Lipinski definition) is 1. The van der Waals surface area contributed by atoms with E-state index < -0.39 is 0 Å². The minimum absolute atomic E-state index is 0.100. The minimum Gasteiger partial charge on any atom is -0.309 e. The Morgan fingerprint density at radius 2 is 2.04 bits per heavy atom.